The van der Waals surface area contributed by atoms with Gasteiger partial charge >= 0.3 is 0 Å². The zero-order valence-corrected chi connectivity index (χ0v) is 20.4. The van der Waals surface area contributed by atoms with Crippen molar-refractivity contribution >= 4 is 35.8 Å². The van der Waals surface area contributed by atoms with Crippen LogP contribution in [0.1, 0.15) is 43.2 Å². The van der Waals surface area contributed by atoms with E-state index < -0.39 is 0 Å². The molecule has 2 aromatic rings. The number of nitrogens with one attached hydrogen (secondary N) is 2. The Hall–Kier alpha value is -2.17. The molecule has 2 N–H and O–H groups in total. The summed E-state index contributed by atoms with van der Waals surface area (Å²) in [6.45, 7) is 2.99. The number of aromatic nitrogens is 3. The zero-order valence-electron chi connectivity index (χ0n) is 18.0. The van der Waals surface area contributed by atoms with Crippen LogP contribution in [0.15, 0.2) is 41.9 Å². The second-order valence-corrected chi connectivity index (χ2v) is 8.23. The van der Waals surface area contributed by atoms with Gasteiger partial charge < -0.3 is 15.5 Å². The number of amides is 1. The van der Waals surface area contributed by atoms with E-state index in [1.54, 1.807) is 19.7 Å². The minimum Gasteiger partial charge on any atom is -0.352 e. The number of aliphatic imine (C=N–C) groups is 1. The van der Waals surface area contributed by atoms with Crippen molar-refractivity contribution in [1.82, 2.24) is 30.3 Å². The van der Waals surface area contributed by atoms with Crippen LogP contribution in [0.3, 0.4) is 0 Å². The van der Waals surface area contributed by atoms with Crippen molar-refractivity contribution in [2.24, 2.45) is 10.9 Å². The van der Waals surface area contributed by atoms with Crippen molar-refractivity contribution in [2.75, 3.05) is 20.1 Å². The first-order valence-corrected chi connectivity index (χ1v) is 10.9. The minimum absolute atomic E-state index is 0. The first kappa shape index (κ1) is 23.5. The molecule has 1 atom stereocenters. The van der Waals surface area contributed by atoms with E-state index in [1.807, 2.05) is 9.58 Å². The Bertz CT molecular complexity index is 865. The van der Waals surface area contributed by atoms with Gasteiger partial charge in [-0.05, 0) is 30.4 Å². The number of carbonyl (C=O) groups excluding carboxylic acids is 1. The van der Waals surface area contributed by atoms with E-state index in [0.29, 0.717) is 19.0 Å². The Morgan fingerprint density at radius 2 is 2.03 bits per heavy atom. The highest BCUT2D eigenvalue weighted by Crippen LogP contribution is 2.27. The lowest BCUT2D eigenvalue weighted by Crippen LogP contribution is -2.45. The van der Waals surface area contributed by atoms with Crippen molar-refractivity contribution in [3.05, 3.63) is 48.0 Å². The first-order valence-electron chi connectivity index (χ1n) is 10.9. The fraction of sp³-hybridized carbons (Fsp3) is 0.545. The maximum absolute atomic E-state index is 12.6. The van der Waals surface area contributed by atoms with E-state index in [-0.39, 0.29) is 35.9 Å². The number of rotatable bonds is 6. The molecule has 0 spiro atoms. The zero-order chi connectivity index (χ0) is 20.8. The molecule has 31 heavy (non-hydrogen) atoms. The maximum Gasteiger partial charge on any atom is 0.225 e. The molecule has 1 saturated carbocycles. The average molecular weight is 537 g/mol. The van der Waals surface area contributed by atoms with Crippen LogP contribution in [0.25, 0.3) is 0 Å². The van der Waals surface area contributed by atoms with Crippen LogP contribution < -0.4 is 10.6 Å². The monoisotopic (exact) mass is 537 g/mol. The molecular weight excluding hydrogens is 505 g/mol. The highest BCUT2D eigenvalue weighted by Gasteiger charge is 2.32. The highest BCUT2D eigenvalue weighted by atomic mass is 127. The van der Waals surface area contributed by atoms with Crippen LogP contribution in [0.4, 0.5) is 0 Å². The van der Waals surface area contributed by atoms with Gasteiger partial charge in [0.2, 0.25) is 5.91 Å². The van der Waals surface area contributed by atoms with Gasteiger partial charge in [-0.3, -0.25) is 9.79 Å². The molecule has 2 aliphatic rings. The summed E-state index contributed by atoms with van der Waals surface area (Å²) >= 11 is 0. The Morgan fingerprint density at radius 1 is 1.23 bits per heavy atom. The molecule has 1 aromatic carbocycles. The summed E-state index contributed by atoms with van der Waals surface area (Å²) in [6.07, 6.45) is 8.75. The van der Waals surface area contributed by atoms with Gasteiger partial charge in [-0.1, -0.05) is 37.1 Å². The quantitative estimate of drug-likeness (QED) is 0.336. The molecule has 1 unspecified atom stereocenters. The van der Waals surface area contributed by atoms with Crippen LogP contribution in [0.2, 0.25) is 0 Å². The molecule has 2 fully saturated rings. The molecule has 1 aliphatic heterocycles. The molecule has 1 saturated heterocycles. The number of carbonyl (C=O) groups is 1. The lowest BCUT2D eigenvalue weighted by molar-refractivity contribution is -0.134. The third kappa shape index (κ3) is 6.41. The summed E-state index contributed by atoms with van der Waals surface area (Å²) in [5.74, 6) is 1.38. The fourth-order valence-electron chi connectivity index (χ4n) is 4.42. The Kier molecular flexibility index (Phi) is 8.68. The van der Waals surface area contributed by atoms with Crippen molar-refractivity contribution in [3.8, 4) is 0 Å². The standard InChI is InChI=1S/C22H31N7O.HI/c1-23-22(27-20-9-10-28(14-20)21(30)19-7-2-3-8-19)25-12-17-5-4-6-18(11-17)13-29-16-24-15-26-29;/h4-6,11,15-16,19-20H,2-3,7-10,12-14H2,1H3,(H2,23,25,27);1H. The summed E-state index contributed by atoms with van der Waals surface area (Å²) in [4.78, 5) is 23.0. The maximum atomic E-state index is 12.6. The Balaban J connectivity index is 0.00000272. The third-order valence-corrected chi connectivity index (χ3v) is 6.03. The summed E-state index contributed by atoms with van der Waals surface area (Å²) in [5, 5.41) is 11.0. The van der Waals surface area contributed by atoms with Crippen LogP contribution in [0, 0.1) is 5.92 Å². The number of likely N-dealkylation sites (tertiary alicyclic amines) is 1. The topological polar surface area (TPSA) is 87.4 Å². The van der Waals surface area contributed by atoms with Crippen molar-refractivity contribution < 1.29 is 4.79 Å². The van der Waals surface area contributed by atoms with Gasteiger partial charge in [0.25, 0.3) is 0 Å². The minimum atomic E-state index is 0. The van der Waals surface area contributed by atoms with E-state index in [2.05, 4.69) is 50.0 Å². The van der Waals surface area contributed by atoms with Crippen LogP contribution in [-0.2, 0) is 17.9 Å². The largest absolute Gasteiger partial charge is 0.352 e. The Morgan fingerprint density at radius 3 is 2.77 bits per heavy atom. The lowest BCUT2D eigenvalue weighted by Gasteiger charge is -2.21. The van der Waals surface area contributed by atoms with Gasteiger partial charge in [0.05, 0.1) is 6.54 Å². The number of guanidine groups is 1. The van der Waals surface area contributed by atoms with E-state index in [9.17, 15) is 4.79 Å². The normalized spacial score (nSPS) is 19.3. The number of hydrogen-bond acceptors (Lipinski definition) is 4. The molecule has 0 radical (unpaired) electrons. The molecule has 8 nitrogen and oxygen atoms in total. The van der Waals surface area contributed by atoms with Gasteiger partial charge in [-0.15, -0.1) is 24.0 Å². The first-order chi connectivity index (χ1) is 14.7. The van der Waals surface area contributed by atoms with Gasteiger partial charge in [-0.25, -0.2) is 9.67 Å². The van der Waals surface area contributed by atoms with E-state index in [4.69, 9.17) is 0 Å². The second-order valence-electron chi connectivity index (χ2n) is 8.23. The van der Waals surface area contributed by atoms with E-state index >= 15 is 0 Å². The third-order valence-electron chi connectivity index (χ3n) is 6.03. The lowest BCUT2D eigenvalue weighted by atomic mass is 10.1. The summed E-state index contributed by atoms with van der Waals surface area (Å²) in [6, 6.07) is 8.66. The number of halogens is 1. The van der Waals surface area contributed by atoms with Crippen molar-refractivity contribution in [2.45, 2.75) is 51.2 Å². The van der Waals surface area contributed by atoms with Crippen LogP contribution >= 0.6 is 24.0 Å². The molecular formula is C22H32IN7O. The summed E-state index contributed by atoms with van der Waals surface area (Å²) in [7, 11) is 1.78. The van der Waals surface area contributed by atoms with Gasteiger partial charge in [0.1, 0.15) is 12.7 Å². The molecule has 0 bridgehead atoms. The molecule has 1 amide bonds. The molecule has 1 aromatic heterocycles. The van der Waals surface area contributed by atoms with Crippen LogP contribution in [-0.4, -0.2) is 57.7 Å². The van der Waals surface area contributed by atoms with E-state index in [1.165, 1.54) is 24.0 Å². The highest BCUT2D eigenvalue weighted by molar-refractivity contribution is 14.0. The number of hydrogen-bond donors (Lipinski definition) is 2. The predicted molar refractivity (Wildman–Crippen MR) is 131 cm³/mol. The number of nitrogens with zero attached hydrogens (tertiary/aromatic N) is 5. The summed E-state index contributed by atoms with van der Waals surface area (Å²) in [5.41, 5.74) is 2.36. The fourth-order valence-corrected chi connectivity index (χ4v) is 4.42. The Labute approximate surface area is 200 Å². The number of benzene rings is 1. The van der Waals surface area contributed by atoms with Gasteiger partial charge in [0, 0.05) is 38.6 Å². The molecule has 9 heteroatoms. The average Bonchev–Trinajstić information content (AvgIpc) is 3.54. The molecule has 168 valence electrons. The smallest absolute Gasteiger partial charge is 0.225 e. The SMILES string of the molecule is CN=C(NCc1cccc(Cn2cncn2)c1)NC1CCN(C(=O)C2CCCC2)C1.I. The molecule has 2 heterocycles. The van der Waals surface area contributed by atoms with Crippen LogP contribution in [0.5, 0.6) is 0 Å². The molecule has 4 rings (SSSR count). The van der Waals surface area contributed by atoms with Gasteiger partial charge in [-0.2, -0.15) is 5.10 Å². The van der Waals surface area contributed by atoms with E-state index in [0.717, 1.165) is 38.3 Å². The van der Waals surface area contributed by atoms with Gasteiger partial charge in [0.15, 0.2) is 5.96 Å². The molecule has 1 aliphatic carbocycles. The van der Waals surface area contributed by atoms with Crippen molar-refractivity contribution in [1.29, 1.82) is 0 Å². The summed E-state index contributed by atoms with van der Waals surface area (Å²) < 4.78 is 1.81. The van der Waals surface area contributed by atoms with Crippen molar-refractivity contribution in [3.63, 3.8) is 0 Å². The second kappa shape index (κ2) is 11.4. The predicted octanol–water partition coefficient (Wildman–Crippen LogP) is 2.40.